The lowest BCUT2D eigenvalue weighted by Gasteiger charge is -2.25. The molecule has 0 aliphatic carbocycles. The van der Waals surface area contributed by atoms with Crippen LogP contribution in [0.2, 0.25) is 0 Å². The number of halogens is 1. The van der Waals surface area contributed by atoms with Crippen molar-refractivity contribution in [1.82, 2.24) is 15.8 Å². The fourth-order valence-corrected chi connectivity index (χ4v) is 2.12. The quantitative estimate of drug-likeness (QED) is 0.728. The van der Waals surface area contributed by atoms with Gasteiger partial charge in [-0.05, 0) is 24.3 Å². The average molecular weight is 372 g/mol. The smallest absolute Gasteiger partial charge is 0.276 e. The highest BCUT2D eigenvalue weighted by atomic mass is 79.9. The van der Waals surface area contributed by atoms with Crippen molar-refractivity contribution in [2.45, 2.75) is 0 Å². The maximum atomic E-state index is 11.7. The van der Waals surface area contributed by atoms with Gasteiger partial charge in [-0.3, -0.25) is 25.3 Å². The second kappa shape index (κ2) is 8.72. The molecule has 1 fully saturated rings. The average Bonchev–Trinajstić information content (AvgIpc) is 2.53. The standard InChI is InChI=1S/C14H18BrN3O4/c15-11-1-3-12(4-2-11)22-10-14(20)17-16-13(19)9-18-5-7-21-8-6-18/h1-4H,5-10H2,(H,16,19)(H,17,20). The summed E-state index contributed by atoms with van der Waals surface area (Å²) in [4.78, 5) is 25.2. The van der Waals surface area contributed by atoms with Gasteiger partial charge in [0.25, 0.3) is 11.8 Å². The number of nitrogens with zero attached hydrogens (tertiary/aromatic N) is 1. The molecule has 1 aliphatic heterocycles. The van der Waals surface area contributed by atoms with Crippen molar-refractivity contribution in [2.24, 2.45) is 0 Å². The van der Waals surface area contributed by atoms with Crippen LogP contribution in [0.4, 0.5) is 0 Å². The fourth-order valence-electron chi connectivity index (χ4n) is 1.86. The van der Waals surface area contributed by atoms with Crippen LogP contribution in [0.15, 0.2) is 28.7 Å². The van der Waals surface area contributed by atoms with Crippen molar-refractivity contribution in [1.29, 1.82) is 0 Å². The molecule has 2 N–H and O–H groups in total. The minimum atomic E-state index is -0.418. The first-order chi connectivity index (χ1) is 10.6. The summed E-state index contributed by atoms with van der Waals surface area (Å²) >= 11 is 3.31. The zero-order chi connectivity index (χ0) is 15.8. The molecule has 1 aromatic carbocycles. The molecule has 0 atom stereocenters. The number of morpholine rings is 1. The topological polar surface area (TPSA) is 79.9 Å². The van der Waals surface area contributed by atoms with E-state index in [9.17, 15) is 9.59 Å². The molecule has 0 saturated carbocycles. The van der Waals surface area contributed by atoms with E-state index < -0.39 is 5.91 Å². The maximum Gasteiger partial charge on any atom is 0.276 e. The Labute approximate surface area is 137 Å². The van der Waals surface area contributed by atoms with Gasteiger partial charge in [0.2, 0.25) is 0 Å². The van der Waals surface area contributed by atoms with Crippen LogP contribution in [0, 0.1) is 0 Å². The number of rotatable bonds is 5. The molecule has 0 aromatic heterocycles. The van der Waals surface area contributed by atoms with Crippen molar-refractivity contribution < 1.29 is 19.1 Å². The normalized spacial score (nSPS) is 15.1. The highest BCUT2D eigenvalue weighted by Crippen LogP contribution is 2.15. The summed E-state index contributed by atoms with van der Waals surface area (Å²) in [5, 5.41) is 0. The third-order valence-electron chi connectivity index (χ3n) is 3.00. The van der Waals surface area contributed by atoms with Crippen LogP contribution in [0.25, 0.3) is 0 Å². The Hall–Kier alpha value is -1.64. The number of ether oxygens (including phenoxy) is 2. The van der Waals surface area contributed by atoms with Gasteiger partial charge in [0.15, 0.2) is 6.61 Å². The van der Waals surface area contributed by atoms with Gasteiger partial charge in [-0.1, -0.05) is 15.9 Å². The number of nitrogens with one attached hydrogen (secondary N) is 2. The number of benzene rings is 1. The summed E-state index contributed by atoms with van der Waals surface area (Å²) in [5.41, 5.74) is 4.69. The van der Waals surface area contributed by atoms with E-state index in [2.05, 4.69) is 26.8 Å². The molecule has 1 aromatic rings. The Bertz CT molecular complexity index is 503. The summed E-state index contributed by atoms with van der Waals surface area (Å²) in [6.07, 6.45) is 0. The molecular formula is C14H18BrN3O4. The third kappa shape index (κ3) is 6.00. The van der Waals surface area contributed by atoms with Crippen molar-refractivity contribution in [3.8, 4) is 5.75 Å². The minimum Gasteiger partial charge on any atom is -0.484 e. The first kappa shape index (κ1) is 16.7. The molecule has 1 saturated heterocycles. The van der Waals surface area contributed by atoms with Crippen LogP contribution < -0.4 is 15.6 Å². The van der Waals surface area contributed by atoms with E-state index in [0.29, 0.717) is 32.1 Å². The zero-order valence-electron chi connectivity index (χ0n) is 12.0. The van der Waals surface area contributed by atoms with Gasteiger partial charge in [0, 0.05) is 17.6 Å². The molecule has 7 nitrogen and oxygen atoms in total. The van der Waals surface area contributed by atoms with Crippen molar-refractivity contribution in [2.75, 3.05) is 39.5 Å². The van der Waals surface area contributed by atoms with Crippen LogP contribution in [0.1, 0.15) is 0 Å². The van der Waals surface area contributed by atoms with E-state index in [-0.39, 0.29) is 19.1 Å². The number of hydrazine groups is 1. The van der Waals surface area contributed by atoms with Crippen LogP contribution in [-0.4, -0.2) is 56.2 Å². The Morgan fingerprint density at radius 2 is 1.77 bits per heavy atom. The van der Waals surface area contributed by atoms with E-state index in [1.807, 2.05) is 17.0 Å². The summed E-state index contributed by atoms with van der Waals surface area (Å²) in [6.45, 7) is 2.75. The molecule has 2 rings (SSSR count). The molecule has 2 amide bonds. The summed E-state index contributed by atoms with van der Waals surface area (Å²) in [6, 6.07) is 7.12. The van der Waals surface area contributed by atoms with Gasteiger partial charge >= 0.3 is 0 Å². The number of hydrogen-bond acceptors (Lipinski definition) is 5. The van der Waals surface area contributed by atoms with Gasteiger partial charge in [-0.15, -0.1) is 0 Å². The Balaban J connectivity index is 1.62. The Morgan fingerprint density at radius 3 is 2.45 bits per heavy atom. The molecule has 22 heavy (non-hydrogen) atoms. The highest BCUT2D eigenvalue weighted by Gasteiger charge is 2.14. The molecule has 0 radical (unpaired) electrons. The second-order valence-electron chi connectivity index (χ2n) is 4.73. The second-order valence-corrected chi connectivity index (χ2v) is 5.64. The predicted molar refractivity (Wildman–Crippen MR) is 83.2 cm³/mol. The van der Waals surface area contributed by atoms with Crippen molar-refractivity contribution in [3.05, 3.63) is 28.7 Å². The minimum absolute atomic E-state index is 0.167. The van der Waals surface area contributed by atoms with Gasteiger partial charge in [-0.2, -0.15) is 0 Å². The van der Waals surface area contributed by atoms with E-state index in [0.717, 1.165) is 4.47 Å². The zero-order valence-corrected chi connectivity index (χ0v) is 13.6. The predicted octanol–water partition coefficient (Wildman–Crippen LogP) is 0.307. The molecule has 0 unspecified atom stereocenters. The fraction of sp³-hybridized carbons (Fsp3) is 0.429. The van der Waals surface area contributed by atoms with Crippen LogP contribution in [0.3, 0.4) is 0 Å². The van der Waals surface area contributed by atoms with Gasteiger partial charge in [0.05, 0.1) is 19.8 Å². The first-order valence-corrected chi connectivity index (χ1v) is 7.69. The van der Waals surface area contributed by atoms with Gasteiger partial charge in [0.1, 0.15) is 5.75 Å². The summed E-state index contributed by atoms with van der Waals surface area (Å²) in [7, 11) is 0. The Kier molecular flexibility index (Phi) is 6.63. The first-order valence-electron chi connectivity index (χ1n) is 6.89. The number of carbonyl (C=O) groups is 2. The number of carbonyl (C=O) groups excluding carboxylic acids is 2. The van der Waals surface area contributed by atoms with E-state index in [1.165, 1.54) is 0 Å². The molecule has 8 heteroatoms. The lowest BCUT2D eigenvalue weighted by molar-refractivity contribution is -0.131. The van der Waals surface area contributed by atoms with Crippen molar-refractivity contribution in [3.63, 3.8) is 0 Å². The summed E-state index contributed by atoms with van der Waals surface area (Å²) < 4.78 is 11.4. The molecule has 0 spiro atoms. The molecular weight excluding hydrogens is 354 g/mol. The Morgan fingerprint density at radius 1 is 1.14 bits per heavy atom. The monoisotopic (exact) mass is 371 g/mol. The molecule has 0 bridgehead atoms. The third-order valence-corrected chi connectivity index (χ3v) is 3.52. The van der Waals surface area contributed by atoms with E-state index in [4.69, 9.17) is 9.47 Å². The lowest BCUT2D eigenvalue weighted by Crippen LogP contribution is -2.49. The van der Waals surface area contributed by atoms with E-state index in [1.54, 1.807) is 12.1 Å². The van der Waals surface area contributed by atoms with Crippen LogP contribution in [-0.2, 0) is 14.3 Å². The van der Waals surface area contributed by atoms with Gasteiger partial charge < -0.3 is 9.47 Å². The van der Waals surface area contributed by atoms with Crippen molar-refractivity contribution >= 4 is 27.7 Å². The molecule has 1 aliphatic rings. The van der Waals surface area contributed by atoms with Gasteiger partial charge in [-0.25, -0.2) is 0 Å². The number of amides is 2. The number of hydrogen-bond donors (Lipinski definition) is 2. The SMILES string of the molecule is O=C(COc1ccc(Br)cc1)NNC(=O)CN1CCOCC1. The lowest BCUT2D eigenvalue weighted by atomic mass is 10.3. The van der Waals surface area contributed by atoms with Crippen LogP contribution >= 0.6 is 15.9 Å². The maximum absolute atomic E-state index is 11.7. The molecule has 1 heterocycles. The summed E-state index contributed by atoms with van der Waals surface area (Å²) in [5.74, 6) is -0.102. The highest BCUT2D eigenvalue weighted by molar-refractivity contribution is 9.10. The van der Waals surface area contributed by atoms with E-state index >= 15 is 0 Å². The van der Waals surface area contributed by atoms with Crippen LogP contribution in [0.5, 0.6) is 5.75 Å². The molecule has 120 valence electrons. The largest absolute Gasteiger partial charge is 0.484 e.